The van der Waals surface area contributed by atoms with Crippen LogP contribution in [0.5, 0.6) is 5.75 Å². The molecule has 0 spiro atoms. The van der Waals surface area contributed by atoms with E-state index < -0.39 is 11.8 Å². The predicted octanol–water partition coefficient (Wildman–Crippen LogP) is 5.11. The van der Waals surface area contributed by atoms with E-state index in [1.54, 1.807) is 72.8 Å². The number of halogens is 1. The number of nitrogens with zero attached hydrogens (tertiary/aromatic N) is 1. The first kappa shape index (κ1) is 17.1. The Hall–Kier alpha value is -3.71. The number of carbonyl (C=O) groups is 1. The van der Waals surface area contributed by atoms with Gasteiger partial charge < -0.3 is 4.74 Å². The molecule has 0 fully saturated rings. The molecule has 0 bridgehead atoms. The fraction of sp³-hybridized carbons (Fsp3) is 0. The molecule has 3 rings (SSSR count). The van der Waals surface area contributed by atoms with Gasteiger partial charge in [-0.2, -0.15) is 5.26 Å². The van der Waals surface area contributed by atoms with Gasteiger partial charge in [0.05, 0.1) is 17.2 Å². The molecule has 3 aromatic rings. The zero-order chi connectivity index (χ0) is 18.4. The topological polar surface area (TPSA) is 50.1 Å². The highest BCUT2D eigenvalue weighted by Gasteiger charge is 2.09. The number of rotatable bonds is 4. The Kier molecular flexibility index (Phi) is 5.21. The Balaban J connectivity index is 1.86. The largest absolute Gasteiger partial charge is 0.423 e. The number of benzene rings is 3. The first-order chi connectivity index (χ1) is 12.7. The highest BCUT2D eigenvalue weighted by atomic mass is 19.1. The van der Waals surface area contributed by atoms with E-state index in [-0.39, 0.29) is 11.1 Å². The summed E-state index contributed by atoms with van der Waals surface area (Å²) in [7, 11) is 0. The molecule has 26 heavy (non-hydrogen) atoms. The summed E-state index contributed by atoms with van der Waals surface area (Å²) in [5.74, 6) is -0.591. The van der Waals surface area contributed by atoms with Gasteiger partial charge in [0, 0.05) is 5.56 Å². The molecule has 0 atom stereocenters. The highest BCUT2D eigenvalue weighted by Crippen LogP contribution is 2.23. The molecule has 3 aromatic carbocycles. The van der Waals surface area contributed by atoms with Gasteiger partial charge >= 0.3 is 5.97 Å². The average molecular weight is 343 g/mol. The monoisotopic (exact) mass is 343 g/mol. The molecule has 126 valence electrons. The fourth-order valence-electron chi connectivity index (χ4n) is 2.42. The lowest BCUT2D eigenvalue weighted by Crippen LogP contribution is -2.08. The maximum Gasteiger partial charge on any atom is 0.343 e. The van der Waals surface area contributed by atoms with E-state index in [1.165, 1.54) is 6.07 Å². The van der Waals surface area contributed by atoms with Crippen LogP contribution in [0, 0.1) is 17.1 Å². The number of nitriles is 1. The van der Waals surface area contributed by atoms with Crippen LogP contribution in [0.4, 0.5) is 4.39 Å². The summed E-state index contributed by atoms with van der Waals surface area (Å²) in [6, 6.07) is 23.5. The Morgan fingerprint density at radius 2 is 1.69 bits per heavy atom. The molecule has 0 unspecified atom stereocenters. The lowest BCUT2D eigenvalue weighted by Gasteiger charge is -2.06. The zero-order valence-corrected chi connectivity index (χ0v) is 13.7. The SMILES string of the molecule is N#C/C(=C/c1cccc(OC(=O)c2ccccc2)c1)c1ccccc1F. The van der Waals surface area contributed by atoms with E-state index in [0.29, 0.717) is 16.9 Å². The van der Waals surface area contributed by atoms with Crippen molar-refractivity contribution >= 4 is 17.6 Å². The number of hydrogen-bond donors (Lipinski definition) is 0. The summed E-state index contributed by atoms with van der Waals surface area (Å²) in [5.41, 5.74) is 1.48. The van der Waals surface area contributed by atoms with Gasteiger partial charge in [-0.3, -0.25) is 0 Å². The van der Waals surface area contributed by atoms with E-state index in [4.69, 9.17) is 4.74 Å². The van der Waals surface area contributed by atoms with Crippen molar-refractivity contribution in [3.8, 4) is 11.8 Å². The second-order valence-electron chi connectivity index (χ2n) is 5.48. The van der Waals surface area contributed by atoms with Crippen LogP contribution in [0.25, 0.3) is 11.6 Å². The second kappa shape index (κ2) is 7.91. The molecule has 0 aliphatic carbocycles. The predicted molar refractivity (Wildman–Crippen MR) is 97.7 cm³/mol. The molecule has 0 heterocycles. The quantitative estimate of drug-likeness (QED) is 0.286. The van der Waals surface area contributed by atoms with Gasteiger partial charge in [0.1, 0.15) is 11.6 Å². The summed E-state index contributed by atoms with van der Waals surface area (Å²) >= 11 is 0. The molecule has 3 nitrogen and oxygen atoms in total. The molecular weight excluding hydrogens is 329 g/mol. The minimum absolute atomic E-state index is 0.189. The lowest BCUT2D eigenvalue weighted by molar-refractivity contribution is 0.0735. The summed E-state index contributed by atoms with van der Waals surface area (Å²) in [5, 5.41) is 9.36. The van der Waals surface area contributed by atoms with Gasteiger partial charge in [0.25, 0.3) is 0 Å². The van der Waals surface area contributed by atoms with Gasteiger partial charge in [-0.05, 0) is 42.0 Å². The van der Waals surface area contributed by atoms with Crippen molar-refractivity contribution in [2.75, 3.05) is 0 Å². The van der Waals surface area contributed by atoms with Crippen molar-refractivity contribution < 1.29 is 13.9 Å². The Morgan fingerprint density at radius 3 is 2.42 bits per heavy atom. The summed E-state index contributed by atoms with van der Waals surface area (Å²) in [6.07, 6.45) is 1.55. The molecule has 0 N–H and O–H groups in total. The first-order valence-electron chi connectivity index (χ1n) is 7.91. The van der Waals surface area contributed by atoms with Crippen LogP contribution in [0.3, 0.4) is 0 Å². The third-order valence-electron chi connectivity index (χ3n) is 3.67. The molecule has 0 saturated heterocycles. The van der Waals surface area contributed by atoms with Crippen LogP contribution in [0.2, 0.25) is 0 Å². The Labute approximate surface area is 150 Å². The van der Waals surface area contributed by atoms with E-state index in [0.717, 1.165) is 0 Å². The summed E-state index contributed by atoms with van der Waals surface area (Å²) in [6.45, 7) is 0. The van der Waals surface area contributed by atoms with Crippen molar-refractivity contribution in [2.45, 2.75) is 0 Å². The second-order valence-corrected chi connectivity index (χ2v) is 5.48. The van der Waals surface area contributed by atoms with Crippen LogP contribution in [0.15, 0.2) is 78.9 Å². The van der Waals surface area contributed by atoms with Gasteiger partial charge in [0.2, 0.25) is 0 Å². The lowest BCUT2D eigenvalue weighted by atomic mass is 10.0. The number of hydrogen-bond acceptors (Lipinski definition) is 3. The first-order valence-corrected chi connectivity index (χ1v) is 7.91. The van der Waals surface area contributed by atoms with Crippen LogP contribution in [-0.2, 0) is 0 Å². The van der Waals surface area contributed by atoms with Crippen molar-refractivity contribution in [3.63, 3.8) is 0 Å². The molecule has 0 aliphatic heterocycles. The van der Waals surface area contributed by atoms with Crippen LogP contribution in [0.1, 0.15) is 21.5 Å². The zero-order valence-electron chi connectivity index (χ0n) is 13.7. The van der Waals surface area contributed by atoms with Crippen molar-refractivity contribution in [3.05, 3.63) is 101 Å². The third kappa shape index (κ3) is 4.03. The maximum atomic E-state index is 13.9. The normalized spacial score (nSPS) is 10.8. The van der Waals surface area contributed by atoms with E-state index >= 15 is 0 Å². The highest BCUT2D eigenvalue weighted by molar-refractivity contribution is 5.92. The molecule has 0 saturated carbocycles. The number of esters is 1. The number of allylic oxidation sites excluding steroid dienone is 1. The number of ether oxygens (including phenoxy) is 1. The molecular formula is C22H14FNO2. The molecule has 0 amide bonds. The summed E-state index contributed by atoms with van der Waals surface area (Å²) in [4.78, 5) is 12.1. The van der Waals surface area contributed by atoms with E-state index in [2.05, 4.69) is 0 Å². The third-order valence-corrected chi connectivity index (χ3v) is 3.67. The minimum Gasteiger partial charge on any atom is -0.423 e. The van der Waals surface area contributed by atoms with Crippen molar-refractivity contribution in [1.29, 1.82) is 5.26 Å². The average Bonchev–Trinajstić information content (AvgIpc) is 2.68. The van der Waals surface area contributed by atoms with Crippen LogP contribution >= 0.6 is 0 Å². The van der Waals surface area contributed by atoms with Gasteiger partial charge in [-0.15, -0.1) is 0 Å². The Bertz CT molecular complexity index is 1000. The molecule has 4 heteroatoms. The van der Waals surface area contributed by atoms with Gasteiger partial charge in [-0.25, -0.2) is 9.18 Å². The maximum absolute atomic E-state index is 13.9. The smallest absolute Gasteiger partial charge is 0.343 e. The molecule has 0 aliphatic rings. The van der Waals surface area contributed by atoms with E-state index in [9.17, 15) is 14.4 Å². The van der Waals surface area contributed by atoms with Gasteiger partial charge in [-0.1, -0.05) is 48.5 Å². The minimum atomic E-state index is -0.471. The number of carbonyl (C=O) groups excluding carboxylic acids is 1. The van der Waals surface area contributed by atoms with Crippen LogP contribution < -0.4 is 4.74 Å². The fourth-order valence-corrected chi connectivity index (χ4v) is 2.42. The van der Waals surface area contributed by atoms with Crippen LogP contribution in [-0.4, -0.2) is 5.97 Å². The molecule has 0 aromatic heterocycles. The molecule has 0 radical (unpaired) electrons. The standard InChI is InChI=1S/C22H14FNO2/c23-21-12-5-4-11-20(21)18(15-24)13-16-7-6-10-19(14-16)26-22(25)17-8-2-1-3-9-17/h1-14H/b18-13-. The van der Waals surface area contributed by atoms with Crippen molar-refractivity contribution in [2.24, 2.45) is 0 Å². The van der Waals surface area contributed by atoms with E-state index in [1.807, 2.05) is 12.1 Å². The summed E-state index contributed by atoms with van der Waals surface area (Å²) < 4.78 is 19.3. The Morgan fingerprint density at radius 1 is 0.962 bits per heavy atom. The van der Waals surface area contributed by atoms with Crippen molar-refractivity contribution in [1.82, 2.24) is 0 Å². The van der Waals surface area contributed by atoms with Gasteiger partial charge in [0.15, 0.2) is 0 Å².